The number of benzene rings is 3. The van der Waals surface area contributed by atoms with E-state index in [1.165, 1.54) is 6.33 Å². The summed E-state index contributed by atoms with van der Waals surface area (Å²) in [7, 11) is 0. The molecule has 6 heteroatoms. The lowest BCUT2D eigenvalue weighted by Gasteiger charge is -2.14. The normalized spacial score (nSPS) is 10.4. The molecule has 6 nitrogen and oxygen atoms in total. The van der Waals surface area contributed by atoms with Crippen molar-refractivity contribution in [1.29, 1.82) is 0 Å². The first-order chi connectivity index (χ1) is 14.2. The predicted octanol–water partition coefficient (Wildman–Crippen LogP) is 5.65. The maximum absolute atomic E-state index is 6.29. The van der Waals surface area contributed by atoms with Gasteiger partial charge in [-0.15, -0.1) is 0 Å². The molecule has 3 aromatic carbocycles. The molecule has 4 rings (SSSR count). The second-order valence-electron chi connectivity index (χ2n) is 6.49. The van der Waals surface area contributed by atoms with Crippen LogP contribution in [0.2, 0.25) is 0 Å². The van der Waals surface area contributed by atoms with Crippen LogP contribution in [0.1, 0.15) is 5.56 Å². The van der Waals surface area contributed by atoms with Gasteiger partial charge in [0.05, 0.1) is 0 Å². The molecule has 0 aliphatic heterocycles. The summed E-state index contributed by atoms with van der Waals surface area (Å²) in [4.78, 5) is 8.54. The van der Waals surface area contributed by atoms with Crippen molar-refractivity contribution in [3.05, 3.63) is 90.8 Å². The van der Waals surface area contributed by atoms with Crippen LogP contribution in [-0.2, 0) is 0 Å². The predicted molar refractivity (Wildman–Crippen MR) is 117 cm³/mol. The third-order valence-corrected chi connectivity index (χ3v) is 4.38. The van der Waals surface area contributed by atoms with Crippen molar-refractivity contribution in [3.8, 4) is 11.5 Å². The molecule has 0 bridgehead atoms. The maximum atomic E-state index is 6.29. The number of anilines is 5. The molecule has 0 unspecified atom stereocenters. The summed E-state index contributed by atoms with van der Waals surface area (Å²) in [5.41, 5.74) is 9.63. The molecule has 1 aromatic heterocycles. The van der Waals surface area contributed by atoms with E-state index in [1.54, 1.807) is 0 Å². The van der Waals surface area contributed by atoms with Crippen LogP contribution in [0.4, 0.5) is 28.7 Å². The van der Waals surface area contributed by atoms with Crippen molar-refractivity contribution in [3.63, 3.8) is 0 Å². The van der Waals surface area contributed by atoms with Crippen molar-refractivity contribution >= 4 is 28.7 Å². The molecule has 0 aliphatic rings. The van der Waals surface area contributed by atoms with Gasteiger partial charge >= 0.3 is 0 Å². The third-order valence-electron chi connectivity index (χ3n) is 4.38. The first kappa shape index (κ1) is 18.3. The molecular formula is C23H21N5O. The Morgan fingerprint density at radius 3 is 2.07 bits per heavy atom. The lowest BCUT2D eigenvalue weighted by Crippen LogP contribution is -2.05. The van der Waals surface area contributed by atoms with Crippen LogP contribution in [-0.4, -0.2) is 9.97 Å². The minimum absolute atomic E-state index is 0.445. The van der Waals surface area contributed by atoms with E-state index < -0.39 is 0 Å². The van der Waals surface area contributed by atoms with Crippen molar-refractivity contribution in [2.24, 2.45) is 0 Å². The lowest BCUT2D eigenvalue weighted by molar-refractivity contribution is 0.483. The summed E-state index contributed by atoms with van der Waals surface area (Å²) in [5.74, 6) is 2.63. The largest absolute Gasteiger partial charge is 0.457 e. The number of para-hydroxylation sites is 2. The minimum atomic E-state index is 0.445. The van der Waals surface area contributed by atoms with Gasteiger partial charge in [-0.1, -0.05) is 36.4 Å². The van der Waals surface area contributed by atoms with E-state index in [2.05, 4.69) is 20.6 Å². The molecule has 0 radical (unpaired) electrons. The quantitative estimate of drug-likeness (QED) is 0.399. The fourth-order valence-electron chi connectivity index (χ4n) is 2.80. The summed E-state index contributed by atoms with van der Waals surface area (Å²) < 4.78 is 5.82. The topological polar surface area (TPSA) is 85.1 Å². The number of aryl methyl sites for hydroxylation is 1. The average Bonchev–Trinajstić information content (AvgIpc) is 2.75. The smallest absolute Gasteiger partial charge is 0.159 e. The summed E-state index contributed by atoms with van der Waals surface area (Å²) in [5, 5.41) is 6.50. The summed E-state index contributed by atoms with van der Waals surface area (Å²) >= 11 is 0. The van der Waals surface area contributed by atoms with Gasteiger partial charge in [-0.2, -0.15) is 0 Å². The Labute approximate surface area is 169 Å². The van der Waals surface area contributed by atoms with Gasteiger partial charge in [0, 0.05) is 11.4 Å². The molecule has 0 atom stereocenters. The Morgan fingerprint density at radius 1 is 0.724 bits per heavy atom. The molecule has 0 aliphatic carbocycles. The summed E-state index contributed by atoms with van der Waals surface area (Å²) in [6.45, 7) is 2.03. The molecule has 4 N–H and O–H groups in total. The third kappa shape index (κ3) is 4.44. The highest BCUT2D eigenvalue weighted by Crippen LogP contribution is 2.30. The minimum Gasteiger partial charge on any atom is -0.457 e. The fraction of sp³-hybridized carbons (Fsp3) is 0.0435. The molecule has 4 aromatic rings. The Hall–Kier alpha value is -4.06. The Morgan fingerprint density at radius 2 is 1.34 bits per heavy atom. The highest BCUT2D eigenvalue weighted by molar-refractivity contribution is 5.80. The second-order valence-corrected chi connectivity index (χ2v) is 6.49. The van der Waals surface area contributed by atoms with Crippen molar-refractivity contribution < 1.29 is 4.74 Å². The van der Waals surface area contributed by atoms with E-state index in [0.29, 0.717) is 17.3 Å². The van der Waals surface area contributed by atoms with Crippen molar-refractivity contribution in [2.75, 3.05) is 16.4 Å². The molecule has 29 heavy (non-hydrogen) atoms. The number of nitrogen functional groups attached to an aromatic ring is 1. The molecule has 144 valence electrons. The van der Waals surface area contributed by atoms with Crippen molar-refractivity contribution in [1.82, 2.24) is 9.97 Å². The van der Waals surface area contributed by atoms with Crippen LogP contribution in [0.5, 0.6) is 11.5 Å². The number of nitrogens with one attached hydrogen (secondary N) is 2. The zero-order valence-corrected chi connectivity index (χ0v) is 16.0. The summed E-state index contributed by atoms with van der Waals surface area (Å²) in [6, 6.07) is 25.2. The van der Waals surface area contributed by atoms with E-state index in [1.807, 2.05) is 85.8 Å². The first-order valence-electron chi connectivity index (χ1n) is 9.22. The number of nitrogens with zero attached hydrogens (tertiary/aromatic N) is 2. The van der Waals surface area contributed by atoms with Gasteiger partial charge in [0.1, 0.15) is 23.5 Å². The molecule has 1 heterocycles. The molecule has 0 saturated heterocycles. The van der Waals surface area contributed by atoms with E-state index in [9.17, 15) is 0 Å². The van der Waals surface area contributed by atoms with E-state index >= 15 is 0 Å². The van der Waals surface area contributed by atoms with Crippen LogP contribution in [0.3, 0.4) is 0 Å². The molecular weight excluding hydrogens is 362 g/mol. The standard InChI is InChI=1S/C23H21N5O/c1-16-7-5-6-10-20(16)28-23-21(24)22(25-15-26-23)27-17-11-13-19(14-12-17)29-18-8-3-2-4-9-18/h2-15H,24H2,1H3,(H2,25,26,27,28). The van der Waals surface area contributed by atoms with Gasteiger partial charge in [0.15, 0.2) is 11.6 Å². The van der Waals surface area contributed by atoms with Gasteiger partial charge in [-0.25, -0.2) is 9.97 Å². The fourth-order valence-corrected chi connectivity index (χ4v) is 2.80. The Balaban J connectivity index is 1.49. The van der Waals surface area contributed by atoms with Crippen LogP contribution >= 0.6 is 0 Å². The highest BCUT2D eigenvalue weighted by atomic mass is 16.5. The van der Waals surface area contributed by atoms with Crippen LogP contribution < -0.4 is 21.1 Å². The average molecular weight is 383 g/mol. The van der Waals surface area contributed by atoms with E-state index in [4.69, 9.17) is 10.5 Å². The van der Waals surface area contributed by atoms with Gasteiger partial charge in [-0.05, 0) is 55.0 Å². The number of ether oxygens (including phenoxy) is 1. The number of nitrogens with two attached hydrogens (primary N) is 1. The van der Waals surface area contributed by atoms with Gasteiger partial charge in [0.2, 0.25) is 0 Å². The molecule has 0 spiro atoms. The second kappa shape index (κ2) is 8.31. The van der Waals surface area contributed by atoms with Crippen LogP contribution in [0.15, 0.2) is 85.2 Å². The van der Waals surface area contributed by atoms with Crippen LogP contribution in [0, 0.1) is 6.92 Å². The highest BCUT2D eigenvalue weighted by Gasteiger charge is 2.10. The van der Waals surface area contributed by atoms with Crippen LogP contribution in [0.25, 0.3) is 0 Å². The number of hydrogen-bond donors (Lipinski definition) is 3. The van der Waals surface area contributed by atoms with Gasteiger partial charge < -0.3 is 21.1 Å². The molecule has 0 saturated carbocycles. The molecule has 0 amide bonds. The van der Waals surface area contributed by atoms with Gasteiger partial charge in [-0.3, -0.25) is 0 Å². The zero-order chi connectivity index (χ0) is 20.1. The summed E-state index contributed by atoms with van der Waals surface area (Å²) in [6.07, 6.45) is 1.48. The SMILES string of the molecule is Cc1ccccc1Nc1ncnc(Nc2ccc(Oc3ccccc3)cc2)c1N. The Bertz CT molecular complexity index is 1100. The Kier molecular flexibility index (Phi) is 5.25. The molecule has 0 fully saturated rings. The van der Waals surface area contributed by atoms with E-state index in [-0.39, 0.29) is 0 Å². The monoisotopic (exact) mass is 383 g/mol. The number of aromatic nitrogens is 2. The van der Waals surface area contributed by atoms with Crippen molar-refractivity contribution in [2.45, 2.75) is 6.92 Å². The zero-order valence-electron chi connectivity index (χ0n) is 16.0. The van der Waals surface area contributed by atoms with Gasteiger partial charge in [0.25, 0.3) is 0 Å². The van der Waals surface area contributed by atoms with E-state index in [0.717, 1.165) is 28.4 Å². The lowest BCUT2D eigenvalue weighted by atomic mass is 10.2. The maximum Gasteiger partial charge on any atom is 0.159 e. The first-order valence-corrected chi connectivity index (χ1v) is 9.22. The number of rotatable bonds is 6. The number of hydrogen-bond acceptors (Lipinski definition) is 6.